The molecule has 4 heteroatoms. The van der Waals surface area contributed by atoms with Gasteiger partial charge in [0.2, 0.25) is 0 Å². The average molecular weight is 225 g/mol. The largest absolute Gasteiger partial charge is 0.348 e. The second kappa shape index (κ2) is 4.19. The highest BCUT2D eigenvalue weighted by Gasteiger charge is 2.27. The van der Waals surface area contributed by atoms with Crippen molar-refractivity contribution in [3.63, 3.8) is 0 Å². The molecule has 0 aromatic carbocycles. The van der Waals surface area contributed by atoms with E-state index in [9.17, 15) is 4.79 Å². The monoisotopic (exact) mass is 224 g/mol. The molecule has 1 aromatic rings. The van der Waals surface area contributed by atoms with E-state index in [1.54, 1.807) is 18.2 Å². The highest BCUT2D eigenvalue weighted by molar-refractivity contribution is 6.29. The highest BCUT2D eigenvalue weighted by atomic mass is 35.5. The van der Waals surface area contributed by atoms with E-state index < -0.39 is 0 Å². The number of nitrogens with zero attached hydrogens (tertiary/aromatic N) is 1. The average Bonchev–Trinajstić information content (AvgIpc) is 2.15. The lowest BCUT2D eigenvalue weighted by Gasteiger charge is -2.33. The predicted molar refractivity (Wildman–Crippen MR) is 58.9 cm³/mol. The Kier molecular flexibility index (Phi) is 2.91. The summed E-state index contributed by atoms with van der Waals surface area (Å²) >= 11 is 5.71. The second-order valence-electron chi connectivity index (χ2n) is 4.09. The van der Waals surface area contributed by atoms with Crippen LogP contribution in [0.25, 0.3) is 0 Å². The van der Waals surface area contributed by atoms with Gasteiger partial charge in [0.25, 0.3) is 5.91 Å². The summed E-state index contributed by atoms with van der Waals surface area (Å²) in [6.07, 6.45) is 2.12. The fraction of sp³-hybridized carbons (Fsp3) is 0.455. The molecule has 0 radical (unpaired) electrons. The Morgan fingerprint density at radius 3 is 2.87 bits per heavy atom. The van der Waals surface area contributed by atoms with Crippen molar-refractivity contribution >= 4 is 17.5 Å². The number of aromatic nitrogens is 1. The number of rotatable bonds is 2. The van der Waals surface area contributed by atoms with Gasteiger partial charge in [-0.2, -0.15) is 0 Å². The van der Waals surface area contributed by atoms with Crippen LogP contribution in [-0.2, 0) is 0 Å². The van der Waals surface area contributed by atoms with E-state index in [1.165, 1.54) is 0 Å². The van der Waals surface area contributed by atoms with E-state index in [2.05, 4.69) is 17.2 Å². The third-order valence-corrected chi connectivity index (χ3v) is 2.87. The first-order chi connectivity index (χ1) is 7.15. The van der Waals surface area contributed by atoms with Gasteiger partial charge in [-0.25, -0.2) is 4.98 Å². The molecule has 1 heterocycles. The number of carbonyl (C=O) groups excluding carboxylic acids is 1. The maximum Gasteiger partial charge on any atom is 0.270 e. The Morgan fingerprint density at radius 2 is 2.27 bits per heavy atom. The zero-order valence-corrected chi connectivity index (χ0v) is 9.29. The van der Waals surface area contributed by atoms with Crippen LogP contribution in [0.15, 0.2) is 18.2 Å². The highest BCUT2D eigenvalue weighted by Crippen LogP contribution is 2.26. The number of hydrogen-bond acceptors (Lipinski definition) is 2. The van der Waals surface area contributed by atoms with E-state index in [0.29, 0.717) is 16.9 Å². The molecule has 0 unspecified atom stereocenters. The number of halogens is 1. The molecular formula is C11H13ClN2O. The minimum atomic E-state index is -0.130. The third kappa shape index (κ3) is 2.48. The first-order valence-corrected chi connectivity index (χ1v) is 5.46. The van der Waals surface area contributed by atoms with Crippen LogP contribution in [0, 0.1) is 5.92 Å². The van der Waals surface area contributed by atoms with Gasteiger partial charge in [-0.3, -0.25) is 4.79 Å². The van der Waals surface area contributed by atoms with Crippen molar-refractivity contribution in [3.05, 3.63) is 29.0 Å². The summed E-state index contributed by atoms with van der Waals surface area (Å²) in [5.74, 6) is 0.594. The summed E-state index contributed by atoms with van der Waals surface area (Å²) in [4.78, 5) is 15.6. The zero-order chi connectivity index (χ0) is 10.8. The summed E-state index contributed by atoms with van der Waals surface area (Å²) in [6, 6.07) is 5.37. The van der Waals surface area contributed by atoms with Gasteiger partial charge in [0.15, 0.2) is 0 Å². The van der Waals surface area contributed by atoms with Crippen LogP contribution in [0.3, 0.4) is 0 Å². The van der Waals surface area contributed by atoms with Crippen LogP contribution in [0.4, 0.5) is 0 Å². The van der Waals surface area contributed by atoms with Crippen molar-refractivity contribution in [2.45, 2.75) is 25.8 Å². The molecule has 1 aliphatic carbocycles. The van der Waals surface area contributed by atoms with E-state index in [4.69, 9.17) is 11.6 Å². The minimum absolute atomic E-state index is 0.130. The van der Waals surface area contributed by atoms with Crippen molar-refractivity contribution in [2.24, 2.45) is 5.92 Å². The van der Waals surface area contributed by atoms with Gasteiger partial charge in [-0.05, 0) is 30.9 Å². The Morgan fingerprint density at radius 1 is 1.53 bits per heavy atom. The summed E-state index contributed by atoms with van der Waals surface area (Å²) < 4.78 is 0. The standard InChI is InChI=1S/C11H13ClN2O/c1-7-5-8(6-7)13-11(15)9-3-2-4-10(12)14-9/h2-4,7-8H,5-6H2,1H3,(H,13,15). The van der Waals surface area contributed by atoms with Crippen molar-refractivity contribution in [2.75, 3.05) is 0 Å². The number of carbonyl (C=O) groups is 1. The number of nitrogens with one attached hydrogen (secondary N) is 1. The van der Waals surface area contributed by atoms with Gasteiger partial charge in [0.05, 0.1) is 0 Å². The van der Waals surface area contributed by atoms with Crippen LogP contribution < -0.4 is 5.32 Å². The van der Waals surface area contributed by atoms with Gasteiger partial charge in [0.1, 0.15) is 10.8 Å². The molecule has 1 saturated carbocycles. The first kappa shape index (κ1) is 10.4. The van der Waals surface area contributed by atoms with Crippen LogP contribution in [0.1, 0.15) is 30.3 Å². The molecule has 1 aliphatic rings. The lowest BCUT2D eigenvalue weighted by molar-refractivity contribution is 0.0891. The van der Waals surface area contributed by atoms with Gasteiger partial charge in [-0.15, -0.1) is 0 Å². The maximum atomic E-state index is 11.7. The molecule has 0 atom stereocenters. The molecule has 1 N–H and O–H groups in total. The lowest BCUT2D eigenvalue weighted by atomic mass is 9.82. The molecule has 0 aliphatic heterocycles. The molecule has 15 heavy (non-hydrogen) atoms. The van der Waals surface area contributed by atoms with Crippen molar-refractivity contribution < 1.29 is 4.79 Å². The fourth-order valence-electron chi connectivity index (χ4n) is 1.81. The number of pyridine rings is 1. The van der Waals surface area contributed by atoms with Crippen LogP contribution in [0.5, 0.6) is 0 Å². The van der Waals surface area contributed by atoms with Crippen LogP contribution in [-0.4, -0.2) is 16.9 Å². The van der Waals surface area contributed by atoms with Gasteiger partial charge in [0, 0.05) is 6.04 Å². The molecule has 0 saturated heterocycles. The fourth-order valence-corrected chi connectivity index (χ4v) is 1.98. The molecule has 1 aromatic heterocycles. The zero-order valence-electron chi connectivity index (χ0n) is 8.53. The van der Waals surface area contributed by atoms with E-state index in [0.717, 1.165) is 18.8 Å². The Labute approximate surface area is 93.8 Å². The van der Waals surface area contributed by atoms with Crippen molar-refractivity contribution in [3.8, 4) is 0 Å². The number of hydrogen-bond donors (Lipinski definition) is 1. The van der Waals surface area contributed by atoms with Crippen molar-refractivity contribution in [1.29, 1.82) is 0 Å². The quantitative estimate of drug-likeness (QED) is 0.783. The summed E-state index contributed by atoms with van der Waals surface area (Å²) in [5.41, 5.74) is 0.391. The molecular weight excluding hydrogens is 212 g/mol. The van der Waals surface area contributed by atoms with E-state index in [1.807, 2.05) is 0 Å². The molecule has 2 rings (SSSR count). The van der Waals surface area contributed by atoms with E-state index >= 15 is 0 Å². The molecule has 3 nitrogen and oxygen atoms in total. The van der Waals surface area contributed by atoms with Gasteiger partial charge >= 0.3 is 0 Å². The smallest absolute Gasteiger partial charge is 0.270 e. The molecule has 1 fully saturated rings. The Balaban J connectivity index is 1.96. The van der Waals surface area contributed by atoms with Crippen LogP contribution >= 0.6 is 11.6 Å². The minimum Gasteiger partial charge on any atom is -0.348 e. The molecule has 80 valence electrons. The lowest BCUT2D eigenvalue weighted by Crippen LogP contribution is -2.43. The van der Waals surface area contributed by atoms with Gasteiger partial charge < -0.3 is 5.32 Å². The van der Waals surface area contributed by atoms with Gasteiger partial charge in [-0.1, -0.05) is 24.6 Å². The summed E-state index contributed by atoms with van der Waals surface area (Å²) in [6.45, 7) is 2.18. The molecule has 0 spiro atoms. The Bertz CT molecular complexity index is 375. The normalized spacial score (nSPS) is 24.4. The van der Waals surface area contributed by atoms with Crippen LogP contribution in [0.2, 0.25) is 5.15 Å². The molecule has 1 amide bonds. The SMILES string of the molecule is CC1CC(NC(=O)c2cccc(Cl)n2)C1. The summed E-state index contributed by atoms with van der Waals surface area (Å²) in [7, 11) is 0. The summed E-state index contributed by atoms with van der Waals surface area (Å²) in [5, 5.41) is 3.28. The number of amides is 1. The maximum absolute atomic E-state index is 11.7. The Hall–Kier alpha value is -1.09. The molecule has 0 bridgehead atoms. The van der Waals surface area contributed by atoms with Crippen molar-refractivity contribution in [1.82, 2.24) is 10.3 Å². The second-order valence-corrected chi connectivity index (χ2v) is 4.48. The third-order valence-electron chi connectivity index (χ3n) is 2.66. The van der Waals surface area contributed by atoms with E-state index in [-0.39, 0.29) is 5.91 Å². The topological polar surface area (TPSA) is 42.0 Å². The first-order valence-electron chi connectivity index (χ1n) is 5.08. The predicted octanol–water partition coefficient (Wildman–Crippen LogP) is 2.26.